The summed E-state index contributed by atoms with van der Waals surface area (Å²) >= 11 is 6.17. The zero-order chi connectivity index (χ0) is 17.5. The zero-order valence-corrected chi connectivity index (χ0v) is 14.6. The van der Waals surface area contributed by atoms with Crippen molar-refractivity contribution in [2.75, 3.05) is 17.2 Å². The molecular formula is C19H19ClN4O. The second-order valence-corrected chi connectivity index (χ2v) is 5.70. The summed E-state index contributed by atoms with van der Waals surface area (Å²) in [4.78, 5) is 8.71. The van der Waals surface area contributed by atoms with Gasteiger partial charge in [0.25, 0.3) is 0 Å². The van der Waals surface area contributed by atoms with Gasteiger partial charge in [-0.15, -0.1) is 0 Å². The Labute approximate surface area is 152 Å². The third kappa shape index (κ3) is 4.84. The second kappa shape index (κ2) is 8.35. The summed E-state index contributed by atoms with van der Waals surface area (Å²) in [6, 6.07) is 17.2. The van der Waals surface area contributed by atoms with Gasteiger partial charge in [0, 0.05) is 23.5 Å². The molecule has 0 fully saturated rings. The van der Waals surface area contributed by atoms with Crippen molar-refractivity contribution in [3.8, 4) is 5.75 Å². The summed E-state index contributed by atoms with van der Waals surface area (Å²) in [5.41, 5.74) is 1.91. The summed E-state index contributed by atoms with van der Waals surface area (Å²) in [5, 5.41) is 7.17. The van der Waals surface area contributed by atoms with Crippen molar-refractivity contribution >= 4 is 29.1 Å². The highest BCUT2D eigenvalue weighted by Gasteiger charge is 2.03. The number of halogens is 1. The molecule has 0 aliphatic carbocycles. The molecule has 6 heteroatoms. The van der Waals surface area contributed by atoms with Crippen LogP contribution in [0.1, 0.15) is 12.5 Å². The number of hydrogen-bond donors (Lipinski definition) is 2. The van der Waals surface area contributed by atoms with Gasteiger partial charge in [0.1, 0.15) is 11.6 Å². The molecule has 128 valence electrons. The lowest BCUT2D eigenvalue weighted by Crippen LogP contribution is -2.04. The van der Waals surface area contributed by atoms with Crippen LogP contribution in [0.3, 0.4) is 0 Å². The quantitative estimate of drug-likeness (QED) is 0.633. The topological polar surface area (TPSA) is 59.1 Å². The normalized spacial score (nSPS) is 10.3. The number of aromatic nitrogens is 2. The highest BCUT2D eigenvalue weighted by atomic mass is 35.5. The summed E-state index contributed by atoms with van der Waals surface area (Å²) in [5.74, 6) is 2.08. The molecule has 0 bridgehead atoms. The predicted molar refractivity (Wildman–Crippen MR) is 102 cm³/mol. The Morgan fingerprint density at radius 1 is 1.04 bits per heavy atom. The fraction of sp³-hybridized carbons (Fsp3) is 0.158. The minimum atomic E-state index is 0.522. The molecule has 0 saturated heterocycles. The van der Waals surface area contributed by atoms with Crippen LogP contribution in [0.4, 0.5) is 17.5 Å². The largest absolute Gasteiger partial charge is 0.494 e. The Kier molecular flexibility index (Phi) is 5.69. The Morgan fingerprint density at radius 2 is 1.84 bits per heavy atom. The molecule has 2 aromatic carbocycles. The van der Waals surface area contributed by atoms with Crippen LogP contribution >= 0.6 is 11.6 Å². The van der Waals surface area contributed by atoms with Gasteiger partial charge in [-0.05, 0) is 48.9 Å². The van der Waals surface area contributed by atoms with E-state index in [0.29, 0.717) is 19.1 Å². The molecule has 0 unspecified atom stereocenters. The van der Waals surface area contributed by atoms with Crippen molar-refractivity contribution in [2.24, 2.45) is 0 Å². The van der Waals surface area contributed by atoms with Gasteiger partial charge in [0.2, 0.25) is 5.95 Å². The molecule has 1 heterocycles. The van der Waals surface area contributed by atoms with E-state index in [2.05, 4.69) is 20.6 Å². The number of hydrogen-bond acceptors (Lipinski definition) is 5. The van der Waals surface area contributed by atoms with E-state index in [0.717, 1.165) is 27.8 Å². The van der Waals surface area contributed by atoms with Crippen molar-refractivity contribution in [1.82, 2.24) is 9.97 Å². The van der Waals surface area contributed by atoms with Crippen LogP contribution in [-0.4, -0.2) is 16.6 Å². The van der Waals surface area contributed by atoms with Gasteiger partial charge < -0.3 is 15.4 Å². The lowest BCUT2D eigenvalue weighted by atomic mass is 10.2. The van der Waals surface area contributed by atoms with Crippen molar-refractivity contribution in [3.63, 3.8) is 0 Å². The minimum Gasteiger partial charge on any atom is -0.494 e. The smallest absolute Gasteiger partial charge is 0.229 e. The van der Waals surface area contributed by atoms with Crippen LogP contribution in [-0.2, 0) is 6.54 Å². The molecule has 0 radical (unpaired) electrons. The summed E-state index contributed by atoms with van der Waals surface area (Å²) < 4.78 is 5.43. The maximum Gasteiger partial charge on any atom is 0.229 e. The molecule has 0 atom stereocenters. The van der Waals surface area contributed by atoms with E-state index < -0.39 is 0 Å². The maximum absolute atomic E-state index is 6.17. The standard InChI is InChI=1S/C19H19ClN4O/c1-2-25-16-9-7-15(8-10-16)23-19-21-12-11-18(24-19)22-13-14-5-3-4-6-17(14)20/h3-12H,2,13H2,1H3,(H2,21,22,23,24). The first-order valence-corrected chi connectivity index (χ1v) is 8.42. The van der Waals surface area contributed by atoms with Crippen LogP contribution in [0.2, 0.25) is 5.02 Å². The van der Waals surface area contributed by atoms with Crippen LogP contribution < -0.4 is 15.4 Å². The summed E-state index contributed by atoms with van der Waals surface area (Å²) in [6.45, 7) is 3.20. The van der Waals surface area contributed by atoms with Gasteiger partial charge in [-0.2, -0.15) is 4.98 Å². The van der Waals surface area contributed by atoms with E-state index in [1.54, 1.807) is 6.20 Å². The molecule has 5 nitrogen and oxygen atoms in total. The van der Waals surface area contributed by atoms with E-state index in [9.17, 15) is 0 Å². The molecule has 3 rings (SSSR count). The fourth-order valence-corrected chi connectivity index (χ4v) is 2.48. The minimum absolute atomic E-state index is 0.522. The molecule has 3 aromatic rings. The van der Waals surface area contributed by atoms with E-state index >= 15 is 0 Å². The van der Waals surface area contributed by atoms with Crippen molar-refractivity contribution < 1.29 is 4.74 Å². The Morgan fingerprint density at radius 3 is 2.60 bits per heavy atom. The molecular weight excluding hydrogens is 336 g/mol. The molecule has 0 amide bonds. The molecule has 0 aliphatic rings. The maximum atomic E-state index is 6.17. The van der Waals surface area contributed by atoms with Gasteiger partial charge in [-0.3, -0.25) is 0 Å². The molecule has 0 spiro atoms. The first-order chi connectivity index (χ1) is 12.2. The van der Waals surface area contributed by atoms with Crippen LogP contribution in [0, 0.1) is 0 Å². The molecule has 0 saturated carbocycles. The van der Waals surface area contributed by atoms with Crippen molar-refractivity contribution in [1.29, 1.82) is 0 Å². The van der Waals surface area contributed by atoms with Crippen LogP contribution in [0.15, 0.2) is 60.8 Å². The third-order valence-corrected chi connectivity index (χ3v) is 3.86. The monoisotopic (exact) mass is 354 g/mol. The van der Waals surface area contributed by atoms with Crippen molar-refractivity contribution in [2.45, 2.75) is 13.5 Å². The zero-order valence-electron chi connectivity index (χ0n) is 13.9. The summed E-state index contributed by atoms with van der Waals surface area (Å²) in [7, 11) is 0. The highest BCUT2D eigenvalue weighted by Crippen LogP contribution is 2.20. The van der Waals surface area contributed by atoms with Gasteiger partial charge in [-0.25, -0.2) is 4.98 Å². The SMILES string of the molecule is CCOc1ccc(Nc2nccc(NCc3ccccc3Cl)n2)cc1. The Hall–Kier alpha value is -2.79. The fourth-order valence-electron chi connectivity index (χ4n) is 2.28. The summed E-state index contributed by atoms with van der Waals surface area (Å²) in [6.07, 6.45) is 1.71. The van der Waals surface area contributed by atoms with Gasteiger partial charge in [0.15, 0.2) is 0 Å². The Balaban J connectivity index is 1.64. The number of nitrogens with one attached hydrogen (secondary N) is 2. The van der Waals surface area contributed by atoms with E-state index in [1.165, 1.54) is 0 Å². The van der Waals surface area contributed by atoms with E-state index in [4.69, 9.17) is 16.3 Å². The first-order valence-electron chi connectivity index (χ1n) is 8.05. The lowest BCUT2D eigenvalue weighted by Gasteiger charge is -2.10. The Bertz CT molecular complexity index is 824. The van der Waals surface area contributed by atoms with E-state index in [1.807, 2.05) is 61.5 Å². The van der Waals surface area contributed by atoms with Crippen molar-refractivity contribution in [3.05, 3.63) is 71.4 Å². The van der Waals surface area contributed by atoms with E-state index in [-0.39, 0.29) is 0 Å². The average molecular weight is 355 g/mol. The molecule has 1 aromatic heterocycles. The number of ether oxygens (including phenoxy) is 1. The number of anilines is 3. The molecule has 0 aliphatic heterocycles. The number of rotatable bonds is 7. The number of nitrogens with zero attached hydrogens (tertiary/aromatic N) is 2. The molecule has 25 heavy (non-hydrogen) atoms. The average Bonchev–Trinajstić information content (AvgIpc) is 2.63. The predicted octanol–water partition coefficient (Wildman–Crippen LogP) is 4.88. The van der Waals surface area contributed by atoms with Gasteiger partial charge in [-0.1, -0.05) is 29.8 Å². The second-order valence-electron chi connectivity index (χ2n) is 5.29. The third-order valence-electron chi connectivity index (χ3n) is 3.49. The van der Waals surface area contributed by atoms with Crippen LogP contribution in [0.25, 0.3) is 0 Å². The van der Waals surface area contributed by atoms with Gasteiger partial charge in [0.05, 0.1) is 6.61 Å². The first kappa shape index (κ1) is 17.0. The number of benzene rings is 2. The van der Waals surface area contributed by atoms with Crippen LogP contribution in [0.5, 0.6) is 5.75 Å². The highest BCUT2D eigenvalue weighted by molar-refractivity contribution is 6.31. The van der Waals surface area contributed by atoms with Gasteiger partial charge >= 0.3 is 0 Å². The lowest BCUT2D eigenvalue weighted by molar-refractivity contribution is 0.340. The molecule has 2 N–H and O–H groups in total.